The number of fused-ring (bicyclic) bond motifs is 2. The van der Waals surface area contributed by atoms with Gasteiger partial charge in [0.05, 0.1) is 17.3 Å². The summed E-state index contributed by atoms with van der Waals surface area (Å²) in [6.45, 7) is 13.6. The van der Waals surface area contributed by atoms with Gasteiger partial charge in [-0.15, -0.1) is 22.7 Å². The van der Waals surface area contributed by atoms with Crippen molar-refractivity contribution in [2.45, 2.75) is 78.8 Å². The molecule has 6 heterocycles. The van der Waals surface area contributed by atoms with Crippen LogP contribution in [-0.2, 0) is 13.1 Å². The smallest absolute Gasteiger partial charge is 0.268 e. The van der Waals surface area contributed by atoms with E-state index in [1.807, 2.05) is 18.4 Å². The van der Waals surface area contributed by atoms with E-state index in [1.54, 1.807) is 16.0 Å². The molecular formula is C39H54N6O6S2. The average Bonchev–Trinajstić information content (AvgIpc) is 3.85. The molecule has 0 aliphatic carbocycles. The van der Waals surface area contributed by atoms with Gasteiger partial charge in [0.1, 0.15) is 38.9 Å². The van der Waals surface area contributed by atoms with E-state index < -0.39 is 22.9 Å². The highest BCUT2D eigenvalue weighted by molar-refractivity contribution is 7.17. The fourth-order valence-corrected chi connectivity index (χ4v) is 9.56. The molecule has 2 saturated heterocycles. The predicted molar refractivity (Wildman–Crippen MR) is 213 cm³/mol. The molecule has 288 valence electrons. The Balaban J connectivity index is 1.15. The van der Waals surface area contributed by atoms with Gasteiger partial charge < -0.3 is 30.3 Å². The van der Waals surface area contributed by atoms with E-state index in [9.17, 15) is 24.3 Å². The number of carbonyl (C=O) groups is 2. The third kappa shape index (κ3) is 8.82. The summed E-state index contributed by atoms with van der Waals surface area (Å²) < 4.78 is 9.32. The summed E-state index contributed by atoms with van der Waals surface area (Å²) in [5, 5.41) is 21.6. The lowest BCUT2D eigenvalue weighted by atomic mass is 9.94. The fourth-order valence-electron chi connectivity index (χ4n) is 7.67. The van der Waals surface area contributed by atoms with Gasteiger partial charge in [-0.2, -0.15) is 0 Å². The van der Waals surface area contributed by atoms with Gasteiger partial charge in [0.2, 0.25) is 0 Å². The number of rotatable bonds is 16. The number of aromatic nitrogens is 2. The Morgan fingerprint density at radius 3 is 1.94 bits per heavy atom. The number of aromatic hydroxyl groups is 1. The number of nitrogens with zero attached hydrogens (tertiary/aromatic N) is 4. The summed E-state index contributed by atoms with van der Waals surface area (Å²) in [6.07, 6.45) is 7.51. The second-order valence-electron chi connectivity index (χ2n) is 14.5. The second kappa shape index (κ2) is 18.1. The van der Waals surface area contributed by atoms with Gasteiger partial charge in [-0.05, 0) is 119 Å². The second-order valence-corrected chi connectivity index (χ2v) is 16.3. The Morgan fingerprint density at radius 1 is 0.792 bits per heavy atom. The molecule has 0 radical (unpaired) electrons. The lowest BCUT2D eigenvalue weighted by molar-refractivity contribution is 0.0935. The number of nitrogens with one attached hydrogen (secondary N) is 2. The molecule has 0 bridgehead atoms. The summed E-state index contributed by atoms with van der Waals surface area (Å²) in [5.41, 5.74) is -1.40. The molecule has 2 fully saturated rings. The first-order valence-corrected chi connectivity index (χ1v) is 21.1. The van der Waals surface area contributed by atoms with Gasteiger partial charge in [0.25, 0.3) is 22.9 Å². The van der Waals surface area contributed by atoms with Crippen molar-refractivity contribution < 1.29 is 19.4 Å². The lowest BCUT2D eigenvalue weighted by Crippen LogP contribution is -2.37. The van der Waals surface area contributed by atoms with Crippen LogP contribution in [-0.4, -0.2) is 94.8 Å². The maximum atomic E-state index is 13.8. The van der Waals surface area contributed by atoms with Crippen LogP contribution in [0.5, 0.6) is 11.5 Å². The Bertz CT molecular complexity index is 2000. The molecule has 4 aromatic heterocycles. The van der Waals surface area contributed by atoms with Crippen LogP contribution in [0.15, 0.2) is 32.5 Å². The zero-order valence-corrected chi connectivity index (χ0v) is 32.9. The van der Waals surface area contributed by atoms with E-state index in [4.69, 9.17) is 4.74 Å². The molecule has 0 saturated carbocycles. The van der Waals surface area contributed by atoms with Crippen LogP contribution in [0, 0.1) is 11.8 Å². The van der Waals surface area contributed by atoms with Gasteiger partial charge >= 0.3 is 0 Å². The molecule has 2 aliphatic rings. The molecule has 0 unspecified atom stereocenters. The average molecular weight is 767 g/mol. The highest BCUT2D eigenvalue weighted by atomic mass is 32.1. The summed E-state index contributed by atoms with van der Waals surface area (Å²) in [4.78, 5) is 60.7. The molecule has 0 atom stereocenters. The number of hydrogen-bond donors (Lipinski definition) is 3. The van der Waals surface area contributed by atoms with E-state index in [-0.39, 0.29) is 35.8 Å². The first-order chi connectivity index (χ1) is 25.7. The first kappa shape index (κ1) is 39.0. The Morgan fingerprint density at radius 2 is 1.34 bits per heavy atom. The maximum Gasteiger partial charge on any atom is 0.268 e. The van der Waals surface area contributed by atoms with Gasteiger partial charge in [0.15, 0.2) is 0 Å². The number of pyridine rings is 2. The predicted octanol–water partition coefficient (Wildman–Crippen LogP) is 5.34. The van der Waals surface area contributed by atoms with Crippen LogP contribution in [0.3, 0.4) is 0 Å². The largest absolute Gasteiger partial charge is 0.506 e. The van der Waals surface area contributed by atoms with Crippen LogP contribution in [0.4, 0.5) is 0 Å². The van der Waals surface area contributed by atoms with E-state index in [1.165, 1.54) is 59.3 Å². The van der Waals surface area contributed by atoms with Crippen molar-refractivity contribution in [2.75, 3.05) is 59.0 Å². The number of thiophene rings is 2. The molecule has 2 amide bonds. The molecule has 0 spiro atoms. The summed E-state index contributed by atoms with van der Waals surface area (Å²) in [5.74, 6) is 0.297. The lowest BCUT2D eigenvalue weighted by Gasteiger charge is -2.31. The van der Waals surface area contributed by atoms with Crippen molar-refractivity contribution in [3.63, 3.8) is 0 Å². The van der Waals surface area contributed by atoms with Crippen LogP contribution in [0.2, 0.25) is 0 Å². The minimum absolute atomic E-state index is 0.0298. The number of carbonyl (C=O) groups excluding carboxylic acids is 2. The maximum absolute atomic E-state index is 13.8. The molecule has 12 nitrogen and oxygen atoms in total. The molecular weight excluding hydrogens is 713 g/mol. The minimum Gasteiger partial charge on any atom is -0.506 e. The molecule has 2 aliphatic heterocycles. The van der Waals surface area contributed by atoms with E-state index in [0.717, 1.165) is 63.9 Å². The highest BCUT2D eigenvalue weighted by Crippen LogP contribution is 2.33. The van der Waals surface area contributed by atoms with Crippen molar-refractivity contribution in [3.8, 4) is 11.5 Å². The number of aryl methyl sites for hydroxylation is 1. The van der Waals surface area contributed by atoms with Crippen molar-refractivity contribution in [1.29, 1.82) is 0 Å². The van der Waals surface area contributed by atoms with Crippen LogP contribution < -0.4 is 26.5 Å². The van der Waals surface area contributed by atoms with Gasteiger partial charge in [-0.1, -0.05) is 20.3 Å². The quantitative estimate of drug-likeness (QED) is 0.130. The van der Waals surface area contributed by atoms with E-state index in [0.29, 0.717) is 40.1 Å². The SMILES string of the molecule is CCC1CCN(CCCNC(=O)c2c(OCCn3c(=O)c(C(=O)NCCCN4CCC(C)CC4)c(O)c4ccsc43)c3ccsc3n(CC)c2=O)CC1. The van der Waals surface area contributed by atoms with Crippen molar-refractivity contribution in [2.24, 2.45) is 11.8 Å². The number of likely N-dealkylation sites (tertiary alicyclic amines) is 2. The monoisotopic (exact) mass is 766 g/mol. The van der Waals surface area contributed by atoms with E-state index >= 15 is 0 Å². The van der Waals surface area contributed by atoms with Gasteiger partial charge in [-0.25, -0.2) is 0 Å². The third-order valence-electron chi connectivity index (χ3n) is 11.0. The van der Waals surface area contributed by atoms with Crippen LogP contribution >= 0.6 is 22.7 Å². The standard InChI is InChI=1S/C39H54N6O6S2/c1-4-27-10-20-43(21-11-27)17-7-15-41-35(48)31-33(29-13-25-53-39(29)44(5-2)37(31)50)51-23-22-45-36(49)30(32(46)28-12-24-52-38(28)45)34(47)40-14-6-16-42-18-8-26(3)9-19-42/h12-13,24-27,46H,4-11,14-23H2,1-3H3,(H,40,47)(H,41,48). The number of piperidine rings is 2. The zero-order valence-electron chi connectivity index (χ0n) is 31.3. The van der Waals surface area contributed by atoms with Gasteiger partial charge in [-0.3, -0.25) is 28.3 Å². The molecule has 14 heteroatoms. The van der Waals surface area contributed by atoms with Crippen molar-refractivity contribution in [3.05, 3.63) is 54.7 Å². The summed E-state index contributed by atoms with van der Waals surface area (Å²) in [7, 11) is 0. The molecule has 6 rings (SSSR count). The Kier molecular flexibility index (Phi) is 13.3. The van der Waals surface area contributed by atoms with Gasteiger partial charge in [0, 0.05) is 19.6 Å². The normalized spacial score (nSPS) is 16.4. The van der Waals surface area contributed by atoms with Crippen molar-refractivity contribution >= 4 is 54.9 Å². The topological polar surface area (TPSA) is 138 Å². The molecule has 3 N–H and O–H groups in total. The zero-order chi connectivity index (χ0) is 37.5. The molecule has 53 heavy (non-hydrogen) atoms. The highest BCUT2D eigenvalue weighted by Gasteiger charge is 2.26. The number of amides is 2. The van der Waals surface area contributed by atoms with E-state index in [2.05, 4.69) is 34.3 Å². The van der Waals surface area contributed by atoms with Crippen molar-refractivity contribution in [1.82, 2.24) is 29.6 Å². The number of ether oxygens (including phenoxy) is 1. The molecule has 4 aromatic rings. The molecule has 0 aromatic carbocycles. The first-order valence-electron chi connectivity index (χ1n) is 19.3. The Labute approximate surface area is 318 Å². The fraction of sp³-hybridized carbons (Fsp3) is 0.590. The minimum atomic E-state index is -0.623. The van der Waals surface area contributed by atoms with Crippen LogP contribution in [0.1, 0.15) is 86.4 Å². The summed E-state index contributed by atoms with van der Waals surface area (Å²) >= 11 is 2.68. The Hall–Kier alpha value is -3.72. The number of hydrogen-bond acceptors (Lipinski definition) is 10. The summed E-state index contributed by atoms with van der Waals surface area (Å²) in [6, 6.07) is 3.53. The van der Waals surface area contributed by atoms with Crippen LogP contribution in [0.25, 0.3) is 20.4 Å². The third-order valence-corrected chi connectivity index (χ3v) is 12.9.